The molecule has 2 amide bonds. The van der Waals surface area contributed by atoms with E-state index in [1.54, 1.807) is 32.5 Å². The van der Waals surface area contributed by atoms with Gasteiger partial charge in [-0.1, -0.05) is 27.7 Å². The van der Waals surface area contributed by atoms with E-state index in [1.165, 1.54) is 0 Å². The second-order valence-corrected chi connectivity index (χ2v) is 6.65. The van der Waals surface area contributed by atoms with Crippen molar-refractivity contribution in [2.75, 3.05) is 12.8 Å². The van der Waals surface area contributed by atoms with Crippen LogP contribution in [0, 0.1) is 5.41 Å². The van der Waals surface area contributed by atoms with E-state index in [4.69, 9.17) is 5.11 Å². The number of carboxylic acid groups (broad SMARTS) is 1. The van der Waals surface area contributed by atoms with Crippen molar-refractivity contribution in [1.82, 2.24) is 10.6 Å². The Balaban J connectivity index is 4.16. The van der Waals surface area contributed by atoms with Gasteiger partial charge in [0.2, 0.25) is 0 Å². The molecule has 0 aromatic heterocycles. The van der Waals surface area contributed by atoms with Crippen LogP contribution < -0.4 is 10.6 Å². The van der Waals surface area contributed by atoms with Crippen molar-refractivity contribution in [3.63, 3.8) is 0 Å². The highest BCUT2D eigenvalue weighted by atomic mass is 32.2. The summed E-state index contributed by atoms with van der Waals surface area (Å²) in [5.74, 6) is -1.02. The third-order valence-electron chi connectivity index (χ3n) is 2.63. The van der Waals surface area contributed by atoms with Gasteiger partial charge in [0.25, 0.3) is 0 Å². The summed E-state index contributed by atoms with van der Waals surface area (Å²) >= 11 is 1.73. The SMILES string of the molecule is CSC(C)CCNC(=O)NC(C(=O)O)C(C)(C)C. The molecule has 18 heavy (non-hydrogen) atoms. The van der Waals surface area contributed by atoms with Crippen molar-refractivity contribution < 1.29 is 14.7 Å². The summed E-state index contributed by atoms with van der Waals surface area (Å²) in [6, 6.07) is -1.32. The van der Waals surface area contributed by atoms with E-state index in [2.05, 4.69) is 17.6 Å². The normalized spacial score (nSPS) is 14.7. The lowest BCUT2D eigenvalue weighted by Gasteiger charge is -2.27. The second-order valence-electron chi connectivity index (χ2n) is 5.37. The molecule has 0 aromatic rings. The molecule has 0 spiro atoms. The van der Waals surface area contributed by atoms with E-state index >= 15 is 0 Å². The van der Waals surface area contributed by atoms with Crippen LogP contribution in [0.2, 0.25) is 0 Å². The molecule has 0 fully saturated rings. The number of carboxylic acids is 1. The minimum atomic E-state index is -1.02. The van der Waals surface area contributed by atoms with Crippen molar-refractivity contribution in [2.24, 2.45) is 5.41 Å². The molecule has 0 saturated heterocycles. The molecule has 0 aromatic carbocycles. The monoisotopic (exact) mass is 276 g/mol. The fraction of sp³-hybridized carbons (Fsp3) is 0.833. The van der Waals surface area contributed by atoms with Crippen molar-refractivity contribution in [3.05, 3.63) is 0 Å². The number of carbonyl (C=O) groups is 2. The molecule has 106 valence electrons. The Morgan fingerprint density at radius 3 is 2.28 bits per heavy atom. The van der Waals surface area contributed by atoms with Gasteiger partial charge in [-0.25, -0.2) is 9.59 Å². The van der Waals surface area contributed by atoms with Gasteiger partial charge in [0, 0.05) is 11.8 Å². The Morgan fingerprint density at radius 1 is 1.33 bits per heavy atom. The molecular formula is C12H24N2O3S. The van der Waals surface area contributed by atoms with Gasteiger partial charge in [-0.3, -0.25) is 0 Å². The molecule has 0 radical (unpaired) electrons. The van der Waals surface area contributed by atoms with E-state index in [0.717, 1.165) is 6.42 Å². The van der Waals surface area contributed by atoms with Gasteiger partial charge >= 0.3 is 12.0 Å². The molecule has 0 bridgehead atoms. The number of carbonyl (C=O) groups excluding carboxylic acids is 1. The van der Waals surface area contributed by atoms with Crippen LogP contribution in [-0.2, 0) is 4.79 Å². The molecule has 0 aliphatic rings. The smallest absolute Gasteiger partial charge is 0.326 e. The van der Waals surface area contributed by atoms with Crippen LogP contribution in [0.1, 0.15) is 34.1 Å². The predicted octanol–water partition coefficient (Wildman–Crippen LogP) is 1.93. The number of rotatable bonds is 6. The van der Waals surface area contributed by atoms with Crippen LogP contribution in [-0.4, -0.2) is 41.2 Å². The number of thioether (sulfide) groups is 1. The van der Waals surface area contributed by atoms with E-state index in [-0.39, 0.29) is 0 Å². The van der Waals surface area contributed by atoms with Gasteiger partial charge < -0.3 is 15.7 Å². The maximum absolute atomic E-state index is 11.6. The first-order chi connectivity index (χ1) is 8.18. The molecule has 0 saturated carbocycles. The van der Waals surface area contributed by atoms with E-state index in [1.807, 2.05) is 6.26 Å². The summed E-state index contributed by atoms with van der Waals surface area (Å²) < 4.78 is 0. The summed E-state index contributed by atoms with van der Waals surface area (Å²) in [6.07, 6.45) is 2.88. The highest BCUT2D eigenvalue weighted by molar-refractivity contribution is 7.99. The van der Waals surface area contributed by atoms with Crippen LogP contribution in [0.4, 0.5) is 4.79 Å². The van der Waals surface area contributed by atoms with Crippen LogP contribution >= 0.6 is 11.8 Å². The maximum atomic E-state index is 11.6. The quantitative estimate of drug-likeness (QED) is 0.692. The Morgan fingerprint density at radius 2 is 1.89 bits per heavy atom. The minimum absolute atomic E-state index is 0.425. The molecular weight excluding hydrogens is 252 g/mol. The number of hydrogen-bond acceptors (Lipinski definition) is 3. The van der Waals surface area contributed by atoms with Crippen LogP contribution in [0.5, 0.6) is 0 Å². The Kier molecular flexibility index (Phi) is 7.13. The van der Waals surface area contributed by atoms with Crippen molar-refractivity contribution in [3.8, 4) is 0 Å². The topological polar surface area (TPSA) is 78.4 Å². The van der Waals surface area contributed by atoms with Gasteiger partial charge in [0.1, 0.15) is 6.04 Å². The molecule has 0 rings (SSSR count). The molecule has 2 atom stereocenters. The van der Waals surface area contributed by atoms with E-state index in [0.29, 0.717) is 11.8 Å². The Hall–Kier alpha value is -0.910. The van der Waals surface area contributed by atoms with Crippen molar-refractivity contribution in [2.45, 2.75) is 45.4 Å². The highest BCUT2D eigenvalue weighted by Gasteiger charge is 2.32. The zero-order valence-corrected chi connectivity index (χ0v) is 12.6. The third kappa shape index (κ3) is 6.74. The molecule has 3 N–H and O–H groups in total. The first-order valence-electron chi connectivity index (χ1n) is 5.98. The fourth-order valence-electron chi connectivity index (χ4n) is 1.34. The summed E-state index contributed by atoms with van der Waals surface area (Å²) in [4.78, 5) is 22.6. The standard InChI is InChI=1S/C12H24N2O3S/c1-8(18-5)6-7-13-11(17)14-9(10(15)16)12(2,3)4/h8-9H,6-7H2,1-5H3,(H,15,16)(H2,13,14,17). The Bertz CT molecular complexity index is 290. The number of nitrogens with one attached hydrogen (secondary N) is 2. The predicted molar refractivity (Wildman–Crippen MR) is 75.0 cm³/mol. The molecule has 2 unspecified atom stereocenters. The first kappa shape index (κ1) is 17.1. The average Bonchev–Trinajstić information content (AvgIpc) is 2.23. The number of amides is 2. The van der Waals surface area contributed by atoms with Crippen LogP contribution in [0.25, 0.3) is 0 Å². The number of urea groups is 1. The van der Waals surface area contributed by atoms with Gasteiger partial charge in [-0.2, -0.15) is 11.8 Å². The molecule has 0 aliphatic carbocycles. The summed E-state index contributed by atoms with van der Waals surface area (Å²) in [5.41, 5.74) is -0.518. The van der Waals surface area contributed by atoms with Gasteiger partial charge in [-0.15, -0.1) is 0 Å². The highest BCUT2D eigenvalue weighted by Crippen LogP contribution is 2.19. The largest absolute Gasteiger partial charge is 0.480 e. The lowest BCUT2D eigenvalue weighted by Crippen LogP contribution is -2.52. The molecule has 5 nitrogen and oxygen atoms in total. The van der Waals surface area contributed by atoms with Crippen molar-refractivity contribution >= 4 is 23.8 Å². The maximum Gasteiger partial charge on any atom is 0.326 e. The Labute approximate surface area is 113 Å². The van der Waals surface area contributed by atoms with Gasteiger partial charge in [0.15, 0.2) is 0 Å². The molecule has 6 heteroatoms. The average molecular weight is 276 g/mol. The number of hydrogen-bond donors (Lipinski definition) is 3. The van der Waals surface area contributed by atoms with Gasteiger partial charge in [-0.05, 0) is 18.1 Å². The van der Waals surface area contributed by atoms with Crippen LogP contribution in [0.3, 0.4) is 0 Å². The van der Waals surface area contributed by atoms with Crippen LogP contribution in [0.15, 0.2) is 0 Å². The zero-order valence-electron chi connectivity index (χ0n) is 11.7. The lowest BCUT2D eigenvalue weighted by atomic mass is 9.87. The second kappa shape index (κ2) is 7.51. The van der Waals surface area contributed by atoms with Crippen molar-refractivity contribution in [1.29, 1.82) is 0 Å². The van der Waals surface area contributed by atoms with E-state index < -0.39 is 23.5 Å². The lowest BCUT2D eigenvalue weighted by molar-refractivity contribution is -0.141. The fourth-order valence-corrected chi connectivity index (χ4v) is 1.69. The molecule has 0 aliphatic heterocycles. The van der Waals surface area contributed by atoms with E-state index in [9.17, 15) is 9.59 Å². The zero-order chi connectivity index (χ0) is 14.3. The summed E-state index contributed by atoms with van der Waals surface area (Å²) in [6.45, 7) is 7.97. The first-order valence-corrected chi connectivity index (χ1v) is 7.27. The van der Waals surface area contributed by atoms with Gasteiger partial charge in [0.05, 0.1) is 0 Å². The molecule has 0 heterocycles. The summed E-state index contributed by atoms with van der Waals surface area (Å²) in [5, 5.41) is 14.7. The summed E-state index contributed by atoms with van der Waals surface area (Å²) in [7, 11) is 0. The number of aliphatic carboxylic acids is 1. The third-order valence-corrected chi connectivity index (χ3v) is 3.67. The minimum Gasteiger partial charge on any atom is -0.480 e.